The van der Waals surface area contributed by atoms with E-state index in [1.165, 1.54) is 11.9 Å². The van der Waals surface area contributed by atoms with Gasteiger partial charge in [0.2, 0.25) is 0 Å². The molecule has 1 aliphatic rings. The molecule has 16 heavy (non-hydrogen) atoms. The number of nitrogens with zero attached hydrogens (tertiary/aromatic N) is 1. The van der Waals surface area contributed by atoms with Crippen molar-refractivity contribution in [3.05, 3.63) is 34.9 Å². The van der Waals surface area contributed by atoms with E-state index in [0.29, 0.717) is 5.02 Å². The number of carbonyl (C=O) groups is 1. The van der Waals surface area contributed by atoms with E-state index in [9.17, 15) is 4.79 Å². The third kappa shape index (κ3) is 1.81. The van der Waals surface area contributed by atoms with Crippen LogP contribution in [0.4, 0.5) is 0 Å². The van der Waals surface area contributed by atoms with Crippen LogP contribution in [0, 0.1) is 0 Å². The largest absolute Gasteiger partial charge is 0.369 e. The highest BCUT2D eigenvalue weighted by molar-refractivity contribution is 7.96. The Morgan fingerprint density at radius 2 is 2.00 bits per heavy atom. The smallest absolute Gasteiger partial charge is 0.264 e. The van der Waals surface area contributed by atoms with Gasteiger partial charge in [-0.3, -0.25) is 9.10 Å². The van der Waals surface area contributed by atoms with Crippen molar-refractivity contribution in [1.29, 1.82) is 0 Å². The molecule has 3 nitrogen and oxygen atoms in total. The number of methoxy groups -OCH3 is 1. The van der Waals surface area contributed by atoms with Crippen LogP contribution in [0.15, 0.2) is 24.3 Å². The van der Waals surface area contributed by atoms with E-state index in [1.54, 1.807) is 11.4 Å². The minimum atomic E-state index is -0.367. The molecule has 0 saturated carbocycles. The molecule has 1 aliphatic heterocycles. The summed E-state index contributed by atoms with van der Waals surface area (Å²) in [5.74, 6) is 0.0231. The molecule has 1 saturated heterocycles. The lowest BCUT2D eigenvalue weighted by molar-refractivity contribution is -0.158. The van der Waals surface area contributed by atoms with Crippen LogP contribution in [0.3, 0.4) is 0 Å². The average Bonchev–Trinajstić information content (AvgIpc) is 2.28. The van der Waals surface area contributed by atoms with Gasteiger partial charge in [0.05, 0.1) is 0 Å². The van der Waals surface area contributed by atoms with E-state index in [2.05, 4.69) is 0 Å². The topological polar surface area (TPSA) is 29.5 Å². The van der Waals surface area contributed by atoms with Crippen molar-refractivity contribution in [2.45, 2.75) is 12.1 Å². The minimum Gasteiger partial charge on any atom is -0.369 e. The van der Waals surface area contributed by atoms with Crippen molar-refractivity contribution in [2.24, 2.45) is 0 Å². The predicted octanol–water partition coefficient (Wildman–Crippen LogP) is 2.52. The molecule has 2 atom stereocenters. The maximum atomic E-state index is 11.6. The molecule has 1 aromatic carbocycles. The van der Waals surface area contributed by atoms with E-state index < -0.39 is 0 Å². The molecule has 1 aromatic rings. The molecule has 0 aromatic heterocycles. The number of carbonyl (C=O) groups excluding carboxylic acids is 1. The summed E-state index contributed by atoms with van der Waals surface area (Å²) >= 11 is 7.25. The summed E-state index contributed by atoms with van der Waals surface area (Å²) in [4.78, 5) is 11.6. The van der Waals surface area contributed by atoms with Gasteiger partial charge in [0.15, 0.2) is 6.10 Å². The molecule has 1 fully saturated rings. The standard InChI is InChI=1S/C11H12ClNO2S/c1-15-10-9(13(16-2)11(10)14)7-3-5-8(12)6-4-7/h3-6,9-10H,1-2H3/t9-,10+/m0/s1. The average molecular weight is 258 g/mol. The zero-order valence-corrected chi connectivity index (χ0v) is 10.6. The summed E-state index contributed by atoms with van der Waals surface area (Å²) in [7, 11) is 1.56. The van der Waals surface area contributed by atoms with Crippen molar-refractivity contribution in [2.75, 3.05) is 13.4 Å². The maximum absolute atomic E-state index is 11.6. The molecule has 1 heterocycles. The molecule has 0 N–H and O–H groups in total. The second-order valence-corrected chi connectivity index (χ2v) is 4.69. The van der Waals surface area contributed by atoms with Gasteiger partial charge in [-0.25, -0.2) is 0 Å². The number of benzene rings is 1. The van der Waals surface area contributed by atoms with Gasteiger partial charge in [0.25, 0.3) is 5.91 Å². The van der Waals surface area contributed by atoms with Gasteiger partial charge >= 0.3 is 0 Å². The van der Waals surface area contributed by atoms with Crippen molar-refractivity contribution in [3.63, 3.8) is 0 Å². The third-order valence-electron chi connectivity index (χ3n) is 2.66. The Bertz CT molecular complexity index is 381. The molecule has 0 bridgehead atoms. The first-order chi connectivity index (χ1) is 7.69. The van der Waals surface area contributed by atoms with E-state index in [4.69, 9.17) is 16.3 Å². The van der Waals surface area contributed by atoms with E-state index >= 15 is 0 Å². The second kappa shape index (κ2) is 4.65. The summed E-state index contributed by atoms with van der Waals surface area (Å²) in [5.41, 5.74) is 1.05. The lowest BCUT2D eigenvalue weighted by atomic mass is 9.94. The zero-order valence-electron chi connectivity index (χ0n) is 9.01. The van der Waals surface area contributed by atoms with Crippen LogP contribution in [0.25, 0.3) is 0 Å². The minimum absolute atomic E-state index is 0.00948. The zero-order chi connectivity index (χ0) is 11.7. The first kappa shape index (κ1) is 11.8. The fraction of sp³-hybridized carbons (Fsp3) is 0.364. The lowest BCUT2D eigenvalue weighted by Gasteiger charge is -2.44. The molecule has 0 spiro atoms. The number of hydrogen-bond donors (Lipinski definition) is 0. The molecule has 0 unspecified atom stereocenters. The summed E-state index contributed by atoms with van der Waals surface area (Å²) in [5, 5.41) is 0.694. The molecular weight excluding hydrogens is 246 g/mol. The van der Waals surface area contributed by atoms with Gasteiger partial charge in [-0.15, -0.1) is 0 Å². The van der Waals surface area contributed by atoms with Gasteiger partial charge in [0.1, 0.15) is 6.04 Å². The fourth-order valence-electron chi connectivity index (χ4n) is 1.84. The normalized spacial score (nSPS) is 24.4. The van der Waals surface area contributed by atoms with Crippen LogP contribution >= 0.6 is 23.5 Å². The SMILES string of the molecule is CO[C@H]1C(=O)N(SC)[C@H]1c1ccc(Cl)cc1. The van der Waals surface area contributed by atoms with Crippen molar-refractivity contribution >= 4 is 29.5 Å². The molecule has 86 valence electrons. The first-order valence-corrected chi connectivity index (χ1v) is 6.40. The molecule has 2 rings (SSSR count). The van der Waals surface area contributed by atoms with Crippen LogP contribution in [0.1, 0.15) is 11.6 Å². The van der Waals surface area contributed by atoms with Crippen LogP contribution in [0.5, 0.6) is 0 Å². The van der Waals surface area contributed by atoms with Crippen LogP contribution in [-0.2, 0) is 9.53 Å². The Kier molecular flexibility index (Phi) is 3.42. The van der Waals surface area contributed by atoms with Crippen molar-refractivity contribution < 1.29 is 9.53 Å². The first-order valence-electron chi connectivity index (χ1n) is 4.84. The Morgan fingerprint density at radius 1 is 1.38 bits per heavy atom. The highest BCUT2D eigenvalue weighted by Crippen LogP contribution is 2.40. The second-order valence-electron chi connectivity index (χ2n) is 3.50. The monoisotopic (exact) mass is 257 g/mol. The van der Waals surface area contributed by atoms with E-state index in [1.807, 2.05) is 30.5 Å². The number of halogens is 1. The number of amides is 1. The van der Waals surface area contributed by atoms with Crippen LogP contribution in [0.2, 0.25) is 5.02 Å². The quantitative estimate of drug-likeness (QED) is 0.616. The van der Waals surface area contributed by atoms with E-state index in [0.717, 1.165) is 5.56 Å². The Balaban J connectivity index is 2.25. The predicted molar refractivity (Wildman–Crippen MR) is 65.4 cm³/mol. The fourth-order valence-corrected chi connectivity index (χ4v) is 2.71. The molecule has 5 heteroatoms. The summed E-state index contributed by atoms with van der Waals surface area (Å²) in [6, 6.07) is 7.49. The highest BCUT2D eigenvalue weighted by Gasteiger charge is 2.48. The van der Waals surface area contributed by atoms with Gasteiger partial charge in [0, 0.05) is 18.4 Å². The summed E-state index contributed by atoms with van der Waals surface area (Å²) in [6.45, 7) is 0. The number of ether oxygens (including phenoxy) is 1. The Labute approximate surface area is 104 Å². The molecule has 1 amide bonds. The summed E-state index contributed by atoms with van der Waals surface area (Å²) in [6.07, 6.45) is 1.51. The molecule has 0 radical (unpaired) electrons. The van der Waals surface area contributed by atoms with Crippen molar-refractivity contribution in [3.8, 4) is 0 Å². The number of β-lactam (4-membered cyclic amide) rings is 1. The third-order valence-corrected chi connectivity index (χ3v) is 3.71. The lowest BCUT2D eigenvalue weighted by Crippen LogP contribution is -2.55. The maximum Gasteiger partial charge on any atom is 0.264 e. The van der Waals surface area contributed by atoms with Crippen LogP contribution < -0.4 is 0 Å². The van der Waals surface area contributed by atoms with Gasteiger partial charge in [-0.1, -0.05) is 35.7 Å². The van der Waals surface area contributed by atoms with E-state index in [-0.39, 0.29) is 18.1 Å². The van der Waals surface area contributed by atoms with Gasteiger partial charge in [-0.05, 0) is 17.7 Å². The van der Waals surface area contributed by atoms with Crippen LogP contribution in [-0.4, -0.2) is 29.7 Å². The Hall–Kier alpha value is -0.710. The van der Waals surface area contributed by atoms with Crippen molar-refractivity contribution in [1.82, 2.24) is 4.31 Å². The van der Waals surface area contributed by atoms with Gasteiger partial charge in [-0.2, -0.15) is 0 Å². The number of hydrogen-bond acceptors (Lipinski definition) is 3. The molecule has 0 aliphatic carbocycles. The molecular formula is C11H12ClNO2S. The van der Waals surface area contributed by atoms with Gasteiger partial charge < -0.3 is 4.74 Å². The highest BCUT2D eigenvalue weighted by atomic mass is 35.5. The summed E-state index contributed by atoms with van der Waals surface area (Å²) < 4.78 is 6.91. The number of rotatable bonds is 3. The Morgan fingerprint density at radius 3 is 2.50 bits per heavy atom.